The Balaban J connectivity index is 1.88. The van der Waals surface area contributed by atoms with Gasteiger partial charge in [-0.3, -0.25) is 9.69 Å². The van der Waals surface area contributed by atoms with Gasteiger partial charge < -0.3 is 4.74 Å². The van der Waals surface area contributed by atoms with Gasteiger partial charge in [-0.25, -0.2) is 4.39 Å². The molecule has 1 saturated heterocycles. The highest BCUT2D eigenvalue weighted by Crippen LogP contribution is 2.24. The first-order valence-corrected chi connectivity index (χ1v) is 7.89. The zero-order valence-corrected chi connectivity index (χ0v) is 13.0. The van der Waals surface area contributed by atoms with Crippen molar-refractivity contribution >= 4 is 5.78 Å². The van der Waals surface area contributed by atoms with E-state index in [0.29, 0.717) is 19.8 Å². The largest absolute Gasteiger partial charge is 0.379 e. The van der Waals surface area contributed by atoms with Gasteiger partial charge in [-0.05, 0) is 17.7 Å². The number of ketones is 1. The van der Waals surface area contributed by atoms with Crippen molar-refractivity contribution in [3.8, 4) is 0 Å². The summed E-state index contributed by atoms with van der Waals surface area (Å²) >= 11 is 0. The number of morpholine rings is 1. The third-order valence-electron chi connectivity index (χ3n) is 4.20. The van der Waals surface area contributed by atoms with Gasteiger partial charge in [0.2, 0.25) is 0 Å². The number of carbonyl (C=O) groups is 1. The number of rotatable bonds is 5. The molecule has 1 aliphatic heterocycles. The van der Waals surface area contributed by atoms with E-state index in [4.69, 9.17) is 4.74 Å². The van der Waals surface area contributed by atoms with Gasteiger partial charge >= 0.3 is 0 Å². The first kappa shape index (κ1) is 15.8. The van der Waals surface area contributed by atoms with E-state index in [1.807, 2.05) is 30.3 Å². The van der Waals surface area contributed by atoms with Crippen molar-refractivity contribution in [1.82, 2.24) is 4.90 Å². The molecule has 3 nitrogen and oxygen atoms in total. The Labute approximate surface area is 135 Å². The highest BCUT2D eigenvalue weighted by molar-refractivity contribution is 6.01. The maximum Gasteiger partial charge on any atom is 0.174 e. The predicted molar refractivity (Wildman–Crippen MR) is 87.2 cm³/mol. The van der Waals surface area contributed by atoms with Crippen LogP contribution in [-0.4, -0.2) is 43.5 Å². The van der Waals surface area contributed by atoms with Crippen LogP contribution >= 0.6 is 0 Å². The normalized spacial score (nSPS) is 16.9. The number of carbonyl (C=O) groups excluding carboxylic acids is 1. The molecule has 1 aliphatic rings. The predicted octanol–water partition coefficient (Wildman–Crippen LogP) is 3.12. The van der Waals surface area contributed by atoms with Crippen molar-refractivity contribution in [3.05, 3.63) is 71.5 Å². The Hall–Kier alpha value is -2.04. The van der Waals surface area contributed by atoms with Gasteiger partial charge in [0.05, 0.1) is 24.7 Å². The number of hydrogen-bond acceptors (Lipinski definition) is 3. The second-order valence-corrected chi connectivity index (χ2v) is 5.72. The molecule has 0 aliphatic carbocycles. The number of hydrogen-bond donors (Lipinski definition) is 0. The number of ether oxygens (including phenoxy) is 1. The molecule has 3 rings (SSSR count). The molecule has 2 aromatic carbocycles. The fourth-order valence-corrected chi connectivity index (χ4v) is 2.92. The molecular weight excluding hydrogens is 293 g/mol. The summed E-state index contributed by atoms with van der Waals surface area (Å²) in [5.41, 5.74) is 1.09. The minimum Gasteiger partial charge on any atom is -0.379 e. The number of nitrogens with zero attached hydrogens (tertiary/aromatic N) is 1. The maximum atomic E-state index is 14.0. The Morgan fingerprint density at radius 2 is 1.70 bits per heavy atom. The van der Waals surface area contributed by atoms with Gasteiger partial charge in [0, 0.05) is 19.6 Å². The van der Waals surface area contributed by atoms with E-state index in [0.717, 1.165) is 18.7 Å². The van der Waals surface area contributed by atoms with Crippen molar-refractivity contribution in [2.75, 3.05) is 32.8 Å². The van der Waals surface area contributed by atoms with E-state index in [1.165, 1.54) is 6.07 Å². The molecule has 0 saturated carbocycles. The highest BCUT2D eigenvalue weighted by atomic mass is 19.1. The van der Waals surface area contributed by atoms with Crippen molar-refractivity contribution in [1.29, 1.82) is 0 Å². The summed E-state index contributed by atoms with van der Waals surface area (Å²) in [5, 5.41) is 0. The maximum absolute atomic E-state index is 14.0. The SMILES string of the molecule is O=C(c1ccccc1F)C(CN1CCOCC1)c1ccccc1. The molecule has 1 unspecified atom stereocenters. The first-order valence-electron chi connectivity index (χ1n) is 7.89. The fourth-order valence-electron chi connectivity index (χ4n) is 2.92. The Bertz CT molecular complexity index is 653. The second kappa shape index (κ2) is 7.49. The van der Waals surface area contributed by atoms with Gasteiger partial charge in [0.25, 0.3) is 0 Å². The van der Waals surface area contributed by atoms with Gasteiger partial charge in [-0.1, -0.05) is 42.5 Å². The minimum absolute atomic E-state index is 0.162. The van der Waals surface area contributed by atoms with Gasteiger partial charge in [0.15, 0.2) is 5.78 Å². The van der Waals surface area contributed by atoms with Crippen LogP contribution in [0.3, 0.4) is 0 Å². The lowest BCUT2D eigenvalue weighted by Crippen LogP contribution is -2.40. The summed E-state index contributed by atoms with van der Waals surface area (Å²) in [6.07, 6.45) is 0. The molecular formula is C19H20FNO2. The molecule has 0 spiro atoms. The second-order valence-electron chi connectivity index (χ2n) is 5.72. The summed E-state index contributed by atoms with van der Waals surface area (Å²) in [5.74, 6) is -0.993. The van der Waals surface area contributed by atoms with Crippen molar-refractivity contribution < 1.29 is 13.9 Å². The molecule has 2 aromatic rings. The van der Waals surface area contributed by atoms with Crippen LogP contribution in [0, 0.1) is 5.82 Å². The highest BCUT2D eigenvalue weighted by Gasteiger charge is 2.27. The van der Waals surface area contributed by atoms with E-state index in [2.05, 4.69) is 4.90 Å². The lowest BCUT2D eigenvalue weighted by molar-refractivity contribution is 0.0344. The Kier molecular flexibility index (Phi) is 5.16. The van der Waals surface area contributed by atoms with E-state index < -0.39 is 5.82 Å². The molecule has 4 heteroatoms. The van der Waals surface area contributed by atoms with Crippen LogP contribution in [0.25, 0.3) is 0 Å². The summed E-state index contributed by atoms with van der Waals surface area (Å²) in [6, 6.07) is 15.8. The number of benzene rings is 2. The van der Waals surface area contributed by atoms with Crippen LogP contribution in [0.5, 0.6) is 0 Å². The molecule has 0 aromatic heterocycles. The van der Waals surface area contributed by atoms with Crippen molar-refractivity contribution in [2.45, 2.75) is 5.92 Å². The van der Waals surface area contributed by atoms with Crippen LogP contribution in [0.15, 0.2) is 54.6 Å². The summed E-state index contributed by atoms with van der Waals surface area (Å²) in [4.78, 5) is 15.2. The van der Waals surface area contributed by atoms with Gasteiger partial charge in [0.1, 0.15) is 5.82 Å². The first-order chi connectivity index (χ1) is 11.3. The van der Waals surface area contributed by atoms with Crippen molar-refractivity contribution in [2.24, 2.45) is 0 Å². The van der Waals surface area contributed by atoms with E-state index >= 15 is 0 Å². The van der Waals surface area contributed by atoms with Gasteiger partial charge in [-0.15, -0.1) is 0 Å². The molecule has 1 heterocycles. The average molecular weight is 313 g/mol. The quantitative estimate of drug-likeness (QED) is 0.794. The van der Waals surface area contributed by atoms with Crippen LogP contribution in [-0.2, 0) is 4.74 Å². The smallest absolute Gasteiger partial charge is 0.174 e. The Morgan fingerprint density at radius 1 is 1.04 bits per heavy atom. The lowest BCUT2D eigenvalue weighted by Gasteiger charge is -2.30. The molecule has 0 N–H and O–H groups in total. The monoisotopic (exact) mass is 313 g/mol. The standard InChI is InChI=1S/C19H20FNO2/c20-18-9-5-4-8-16(18)19(22)17(15-6-2-1-3-7-15)14-21-10-12-23-13-11-21/h1-9,17H,10-14H2. The van der Waals surface area contributed by atoms with E-state index in [1.54, 1.807) is 18.2 Å². The molecule has 0 bridgehead atoms. The van der Waals surface area contributed by atoms with Crippen LogP contribution in [0.4, 0.5) is 4.39 Å². The molecule has 0 amide bonds. The Morgan fingerprint density at radius 3 is 2.39 bits per heavy atom. The molecule has 1 atom stereocenters. The average Bonchev–Trinajstić information content (AvgIpc) is 2.61. The molecule has 0 radical (unpaired) electrons. The van der Waals surface area contributed by atoms with Crippen LogP contribution in [0.1, 0.15) is 21.8 Å². The minimum atomic E-state index is -0.458. The van der Waals surface area contributed by atoms with Crippen LogP contribution < -0.4 is 0 Å². The third kappa shape index (κ3) is 3.84. The third-order valence-corrected chi connectivity index (χ3v) is 4.20. The zero-order valence-electron chi connectivity index (χ0n) is 13.0. The summed E-state index contributed by atoms with van der Waals surface area (Å²) in [6.45, 7) is 3.53. The fraction of sp³-hybridized carbons (Fsp3) is 0.316. The topological polar surface area (TPSA) is 29.5 Å². The number of Topliss-reactive ketones (excluding diaryl/α,β-unsaturated/α-hetero) is 1. The molecule has 120 valence electrons. The molecule has 23 heavy (non-hydrogen) atoms. The van der Waals surface area contributed by atoms with E-state index in [9.17, 15) is 9.18 Å². The molecule has 1 fully saturated rings. The summed E-state index contributed by atoms with van der Waals surface area (Å²) in [7, 11) is 0. The lowest BCUT2D eigenvalue weighted by atomic mass is 9.89. The number of halogens is 1. The van der Waals surface area contributed by atoms with Crippen molar-refractivity contribution in [3.63, 3.8) is 0 Å². The van der Waals surface area contributed by atoms with Gasteiger partial charge in [-0.2, -0.15) is 0 Å². The van der Waals surface area contributed by atoms with E-state index in [-0.39, 0.29) is 17.3 Å². The summed E-state index contributed by atoms with van der Waals surface area (Å²) < 4.78 is 19.4. The van der Waals surface area contributed by atoms with Crippen LogP contribution in [0.2, 0.25) is 0 Å². The zero-order chi connectivity index (χ0) is 16.1.